The van der Waals surface area contributed by atoms with Crippen LogP contribution < -0.4 is 0 Å². The first kappa shape index (κ1) is 21.0. The van der Waals surface area contributed by atoms with Crippen molar-refractivity contribution in [3.63, 3.8) is 0 Å². The second-order valence-electron chi connectivity index (χ2n) is 9.38. The fourth-order valence-corrected chi connectivity index (χ4v) is 6.76. The van der Waals surface area contributed by atoms with Crippen molar-refractivity contribution >= 4 is 34.9 Å². The summed E-state index contributed by atoms with van der Waals surface area (Å²) >= 11 is 12.2. The monoisotopic (exact) mass is 455 g/mol. The lowest BCUT2D eigenvalue weighted by molar-refractivity contribution is -0.137. The van der Waals surface area contributed by atoms with Gasteiger partial charge in [-0.15, -0.1) is 0 Å². The molecule has 0 aromatic heterocycles. The molecule has 5 heteroatoms. The number of hydrogen-bond donors (Lipinski definition) is 0. The molecule has 0 bridgehead atoms. The molecule has 2 aromatic carbocycles. The summed E-state index contributed by atoms with van der Waals surface area (Å²) in [6, 6.07) is 15.7. The Bertz CT molecular complexity index is 992. The van der Waals surface area contributed by atoms with Gasteiger partial charge in [-0.1, -0.05) is 60.0 Å². The molecule has 0 N–H and O–H groups in total. The first-order valence-corrected chi connectivity index (χ1v) is 12.1. The highest BCUT2D eigenvalue weighted by atomic mass is 35.5. The third-order valence-corrected chi connectivity index (χ3v) is 8.52. The smallest absolute Gasteiger partial charge is 0.254 e. The minimum Gasteiger partial charge on any atom is -0.335 e. The predicted octanol–water partition coefficient (Wildman–Crippen LogP) is 6.07. The van der Waals surface area contributed by atoms with Gasteiger partial charge in [0.15, 0.2) is 0 Å². The van der Waals surface area contributed by atoms with E-state index in [2.05, 4.69) is 17.0 Å². The summed E-state index contributed by atoms with van der Waals surface area (Å²) in [6.07, 6.45) is 5.59. The van der Waals surface area contributed by atoms with Crippen molar-refractivity contribution in [2.24, 2.45) is 23.7 Å². The Morgan fingerprint density at radius 3 is 2.58 bits per heavy atom. The van der Waals surface area contributed by atoms with Crippen LogP contribution in [0.5, 0.6) is 0 Å². The van der Waals surface area contributed by atoms with Gasteiger partial charge in [-0.05, 0) is 67.2 Å². The molecular weight excluding hydrogens is 429 g/mol. The number of amides is 1. The minimum atomic E-state index is 0.0409. The van der Waals surface area contributed by atoms with Gasteiger partial charge in [0.2, 0.25) is 0 Å². The van der Waals surface area contributed by atoms with Crippen LogP contribution in [0.2, 0.25) is 10.0 Å². The highest BCUT2D eigenvalue weighted by Crippen LogP contribution is 2.51. The van der Waals surface area contributed by atoms with E-state index < -0.39 is 0 Å². The number of benzene rings is 2. The van der Waals surface area contributed by atoms with E-state index in [1.165, 1.54) is 5.56 Å². The molecule has 2 aliphatic carbocycles. The molecular formula is C26H27Cl2NO2. The van der Waals surface area contributed by atoms with E-state index >= 15 is 0 Å². The number of rotatable bonds is 3. The van der Waals surface area contributed by atoms with Crippen LogP contribution in [0.25, 0.3) is 0 Å². The number of ketones is 1. The summed E-state index contributed by atoms with van der Waals surface area (Å²) in [5, 5.41) is 0.874. The van der Waals surface area contributed by atoms with Crippen molar-refractivity contribution in [2.75, 3.05) is 6.54 Å². The third kappa shape index (κ3) is 3.91. The van der Waals surface area contributed by atoms with Crippen molar-refractivity contribution in [1.29, 1.82) is 0 Å². The summed E-state index contributed by atoms with van der Waals surface area (Å²) in [7, 11) is 0. The van der Waals surface area contributed by atoms with E-state index in [0.29, 0.717) is 52.1 Å². The first-order chi connectivity index (χ1) is 15.0. The summed E-state index contributed by atoms with van der Waals surface area (Å²) in [5.74, 6) is 1.74. The van der Waals surface area contributed by atoms with E-state index in [4.69, 9.17) is 23.2 Å². The maximum Gasteiger partial charge on any atom is 0.254 e. The number of Topliss-reactive ketones (excluding diaryl/α,β-unsaturated/α-hetero) is 1. The maximum atomic E-state index is 13.4. The third-order valence-electron chi connectivity index (χ3n) is 7.78. The minimum absolute atomic E-state index is 0.0409. The zero-order valence-electron chi connectivity index (χ0n) is 17.5. The average molecular weight is 456 g/mol. The largest absolute Gasteiger partial charge is 0.335 e. The number of carbonyl (C=O) groups excluding carboxylic acids is 2. The van der Waals surface area contributed by atoms with Gasteiger partial charge < -0.3 is 4.90 Å². The Labute approximate surface area is 193 Å². The maximum absolute atomic E-state index is 13.4. The number of piperidine rings is 1. The lowest BCUT2D eigenvalue weighted by atomic mass is 9.55. The number of hydrogen-bond acceptors (Lipinski definition) is 2. The predicted molar refractivity (Wildman–Crippen MR) is 123 cm³/mol. The molecule has 1 heterocycles. The van der Waals surface area contributed by atoms with Crippen molar-refractivity contribution in [1.82, 2.24) is 4.90 Å². The van der Waals surface area contributed by atoms with Crippen LogP contribution in [0.1, 0.15) is 48.0 Å². The molecule has 5 rings (SSSR count). The molecule has 1 amide bonds. The summed E-state index contributed by atoms with van der Waals surface area (Å²) in [6.45, 7) is 0.717. The standard InChI is InChI=1S/C26H27Cl2NO2/c27-21-10-9-18(14-22(21)28)26(31)29-12-11-17-15-24(30)20(13-16-5-2-1-3-6-16)19-7-4-8-23(29)25(17)19/h1-3,5-6,9-10,14,17,19-20,23,25H,4,7-8,11-13,15H2/t17-,19+,20+,23+,25+/m1/s1. The Balaban J connectivity index is 1.41. The van der Waals surface area contributed by atoms with E-state index in [0.717, 1.165) is 32.1 Å². The fourth-order valence-electron chi connectivity index (χ4n) is 6.46. The molecule has 3 nitrogen and oxygen atoms in total. The quantitative estimate of drug-likeness (QED) is 0.562. The Kier molecular flexibility index (Phi) is 5.83. The molecule has 3 fully saturated rings. The lowest BCUT2D eigenvalue weighted by Gasteiger charge is -2.55. The first-order valence-electron chi connectivity index (χ1n) is 11.4. The van der Waals surface area contributed by atoms with Crippen LogP contribution in [0.15, 0.2) is 48.5 Å². The topological polar surface area (TPSA) is 37.4 Å². The highest BCUT2D eigenvalue weighted by Gasteiger charge is 2.52. The molecule has 2 aromatic rings. The molecule has 0 unspecified atom stereocenters. The van der Waals surface area contributed by atoms with Crippen molar-refractivity contribution in [2.45, 2.75) is 44.6 Å². The Morgan fingerprint density at radius 2 is 1.81 bits per heavy atom. The van der Waals surface area contributed by atoms with Crippen LogP contribution >= 0.6 is 23.2 Å². The molecule has 162 valence electrons. The van der Waals surface area contributed by atoms with Crippen molar-refractivity contribution in [3.05, 3.63) is 69.7 Å². The van der Waals surface area contributed by atoms with Gasteiger partial charge in [0.1, 0.15) is 5.78 Å². The number of likely N-dealkylation sites (tertiary alicyclic amines) is 1. The number of nitrogens with zero attached hydrogens (tertiary/aromatic N) is 1. The molecule has 1 aliphatic heterocycles. The van der Waals surface area contributed by atoms with Crippen LogP contribution in [0.4, 0.5) is 0 Å². The van der Waals surface area contributed by atoms with Gasteiger partial charge >= 0.3 is 0 Å². The van der Waals surface area contributed by atoms with E-state index in [1.54, 1.807) is 18.2 Å². The molecule has 5 atom stereocenters. The van der Waals surface area contributed by atoms with Crippen LogP contribution in [0, 0.1) is 23.7 Å². The van der Waals surface area contributed by atoms with E-state index in [9.17, 15) is 9.59 Å². The molecule has 31 heavy (non-hydrogen) atoms. The summed E-state index contributed by atoms with van der Waals surface area (Å²) in [4.78, 5) is 28.7. The summed E-state index contributed by atoms with van der Waals surface area (Å²) < 4.78 is 0. The number of carbonyl (C=O) groups is 2. The molecule has 3 aliphatic rings. The van der Waals surface area contributed by atoms with Gasteiger partial charge in [0, 0.05) is 30.5 Å². The van der Waals surface area contributed by atoms with Crippen molar-refractivity contribution < 1.29 is 9.59 Å². The van der Waals surface area contributed by atoms with Gasteiger partial charge in [-0.3, -0.25) is 9.59 Å². The zero-order valence-corrected chi connectivity index (χ0v) is 19.0. The van der Waals surface area contributed by atoms with Gasteiger partial charge in [0.05, 0.1) is 10.0 Å². The van der Waals surface area contributed by atoms with Crippen LogP contribution in [-0.4, -0.2) is 29.2 Å². The zero-order chi connectivity index (χ0) is 21.5. The molecule has 2 saturated carbocycles. The molecule has 1 saturated heterocycles. The second-order valence-corrected chi connectivity index (χ2v) is 10.2. The lowest BCUT2D eigenvalue weighted by Crippen LogP contribution is -2.59. The Hall–Kier alpha value is -1.84. The molecule has 0 spiro atoms. The highest BCUT2D eigenvalue weighted by molar-refractivity contribution is 6.42. The normalized spacial score (nSPS) is 30.1. The Morgan fingerprint density at radius 1 is 1.00 bits per heavy atom. The summed E-state index contributed by atoms with van der Waals surface area (Å²) in [5.41, 5.74) is 1.84. The average Bonchev–Trinajstić information content (AvgIpc) is 2.79. The SMILES string of the molecule is O=C1C[C@H]2CCN(C(=O)c3ccc(Cl)c(Cl)c3)[C@H]3CCC[C@H]([C@H]23)[C@@H]1Cc1ccccc1. The second kappa shape index (κ2) is 8.60. The fraction of sp³-hybridized carbons (Fsp3) is 0.462. The number of halogens is 2. The van der Waals surface area contributed by atoms with Gasteiger partial charge in [0.25, 0.3) is 5.91 Å². The van der Waals surface area contributed by atoms with E-state index in [-0.39, 0.29) is 17.9 Å². The van der Waals surface area contributed by atoms with Crippen LogP contribution in [0.3, 0.4) is 0 Å². The van der Waals surface area contributed by atoms with E-state index in [1.807, 2.05) is 18.2 Å². The van der Waals surface area contributed by atoms with Crippen LogP contribution in [-0.2, 0) is 11.2 Å². The van der Waals surface area contributed by atoms with Gasteiger partial charge in [-0.25, -0.2) is 0 Å². The van der Waals surface area contributed by atoms with Gasteiger partial charge in [-0.2, -0.15) is 0 Å². The van der Waals surface area contributed by atoms with Crippen molar-refractivity contribution in [3.8, 4) is 0 Å². The molecule has 0 radical (unpaired) electrons.